The molecule has 3 rings (SSSR count). The summed E-state index contributed by atoms with van der Waals surface area (Å²) in [5.74, 6) is -3.24. The Hall–Kier alpha value is -3.15. The molecule has 142 valence electrons. The number of hydrogen-bond donors (Lipinski definition) is 0. The van der Waals surface area contributed by atoms with Gasteiger partial charge < -0.3 is 9.26 Å². The number of ether oxygens (including phenoxy) is 1. The number of hydrogen-bond acceptors (Lipinski definition) is 7. The molecule has 0 unspecified atom stereocenters. The van der Waals surface area contributed by atoms with Gasteiger partial charge in [0.05, 0.1) is 5.56 Å². The van der Waals surface area contributed by atoms with Crippen LogP contribution in [0, 0.1) is 5.82 Å². The summed E-state index contributed by atoms with van der Waals surface area (Å²) in [5.41, 5.74) is -0.353. The molecule has 3 aromatic rings. The van der Waals surface area contributed by atoms with E-state index in [1.807, 2.05) is 0 Å². The molecule has 0 bridgehead atoms. The van der Waals surface area contributed by atoms with E-state index in [2.05, 4.69) is 24.7 Å². The van der Waals surface area contributed by atoms with Crippen molar-refractivity contribution in [2.75, 3.05) is 6.61 Å². The van der Waals surface area contributed by atoms with Crippen LogP contribution in [0.3, 0.4) is 0 Å². The third kappa shape index (κ3) is 4.34. The highest BCUT2D eigenvalue weighted by Crippen LogP contribution is 2.29. The maximum absolute atomic E-state index is 14.2. The van der Waals surface area contributed by atoms with Gasteiger partial charge in [0, 0.05) is 12.6 Å². The van der Waals surface area contributed by atoms with Crippen LogP contribution in [0.4, 0.5) is 17.6 Å². The molecular weight excluding hydrogens is 374 g/mol. The Balaban J connectivity index is 1.67. The molecule has 0 spiro atoms. The first-order valence-electron chi connectivity index (χ1n) is 7.40. The van der Waals surface area contributed by atoms with E-state index in [-0.39, 0.29) is 17.7 Å². The van der Waals surface area contributed by atoms with E-state index in [1.54, 1.807) is 7.05 Å². The lowest BCUT2D eigenvalue weighted by Gasteiger charge is -2.04. The molecule has 2 aromatic heterocycles. The van der Waals surface area contributed by atoms with Gasteiger partial charge in [-0.15, -0.1) is 0 Å². The van der Waals surface area contributed by atoms with Crippen LogP contribution in [-0.2, 0) is 24.6 Å². The third-order valence-electron chi connectivity index (χ3n) is 3.31. The molecule has 0 N–H and O–H groups in total. The highest BCUT2D eigenvalue weighted by Gasteiger charge is 2.38. The van der Waals surface area contributed by atoms with Crippen molar-refractivity contribution in [1.82, 2.24) is 24.9 Å². The smallest absolute Gasteiger partial charge is 0.365 e. The van der Waals surface area contributed by atoms with Crippen molar-refractivity contribution in [3.63, 3.8) is 0 Å². The lowest BCUT2D eigenvalue weighted by atomic mass is 10.1. The fourth-order valence-corrected chi connectivity index (χ4v) is 2.10. The standard InChI is InChI=1S/C15H11F4N5O3/c1-24-7-20-12(22-24)6-26-5-11(25)9-3-2-8(4-10(9)16)13-21-14(27-23-13)15(17,18)19/h2-4,7H,5-6H2,1H3. The average molecular weight is 385 g/mol. The molecule has 27 heavy (non-hydrogen) atoms. The number of carbonyl (C=O) groups excluding carboxylic acids is 1. The van der Waals surface area contributed by atoms with Crippen molar-refractivity contribution in [3.8, 4) is 11.4 Å². The van der Waals surface area contributed by atoms with Gasteiger partial charge in [0.25, 0.3) is 0 Å². The summed E-state index contributed by atoms with van der Waals surface area (Å²) in [6.07, 6.45) is -3.35. The van der Waals surface area contributed by atoms with Crippen molar-refractivity contribution in [2.24, 2.45) is 7.05 Å². The number of nitrogens with zero attached hydrogens (tertiary/aromatic N) is 5. The summed E-state index contributed by atoms with van der Waals surface area (Å²) < 4.78 is 62.3. The number of rotatable bonds is 6. The van der Waals surface area contributed by atoms with Gasteiger partial charge >= 0.3 is 12.1 Å². The Labute approximate surface area is 148 Å². The van der Waals surface area contributed by atoms with Crippen LogP contribution in [0.5, 0.6) is 0 Å². The fourth-order valence-electron chi connectivity index (χ4n) is 2.10. The summed E-state index contributed by atoms with van der Waals surface area (Å²) >= 11 is 0. The van der Waals surface area contributed by atoms with Gasteiger partial charge in [0.1, 0.15) is 25.4 Å². The number of carbonyl (C=O) groups is 1. The van der Waals surface area contributed by atoms with E-state index in [9.17, 15) is 22.4 Å². The molecule has 0 aliphatic carbocycles. The second kappa shape index (κ2) is 7.23. The summed E-state index contributed by atoms with van der Waals surface area (Å²) in [6, 6.07) is 3.17. The fraction of sp³-hybridized carbons (Fsp3) is 0.267. The van der Waals surface area contributed by atoms with E-state index < -0.39 is 36.1 Å². The van der Waals surface area contributed by atoms with E-state index in [4.69, 9.17) is 4.74 Å². The van der Waals surface area contributed by atoms with Gasteiger partial charge in [-0.3, -0.25) is 9.48 Å². The first-order chi connectivity index (χ1) is 12.7. The third-order valence-corrected chi connectivity index (χ3v) is 3.31. The molecule has 0 atom stereocenters. The molecular formula is C15H11F4N5O3. The molecule has 0 fully saturated rings. The quantitative estimate of drug-likeness (QED) is 0.475. The maximum atomic E-state index is 14.2. The van der Waals surface area contributed by atoms with Gasteiger partial charge in [0.15, 0.2) is 11.6 Å². The van der Waals surface area contributed by atoms with E-state index in [0.29, 0.717) is 5.82 Å². The van der Waals surface area contributed by atoms with Crippen LogP contribution in [0.1, 0.15) is 22.1 Å². The highest BCUT2D eigenvalue weighted by molar-refractivity contribution is 5.97. The average Bonchev–Trinajstić information content (AvgIpc) is 3.23. The largest absolute Gasteiger partial charge is 0.471 e. The molecule has 8 nitrogen and oxygen atoms in total. The summed E-state index contributed by atoms with van der Waals surface area (Å²) in [6.45, 7) is -0.454. The molecule has 1 aromatic carbocycles. The van der Waals surface area contributed by atoms with E-state index >= 15 is 0 Å². The van der Waals surface area contributed by atoms with Crippen LogP contribution >= 0.6 is 0 Å². The Morgan fingerprint density at radius 3 is 2.70 bits per heavy atom. The first kappa shape index (κ1) is 18.6. The lowest BCUT2D eigenvalue weighted by molar-refractivity contribution is -0.159. The Bertz CT molecular complexity index is 967. The van der Waals surface area contributed by atoms with Crippen LogP contribution in [-0.4, -0.2) is 37.3 Å². The van der Waals surface area contributed by atoms with Gasteiger partial charge in [-0.1, -0.05) is 11.2 Å². The van der Waals surface area contributed by atoms with Crippen molar-refractivity contribution in [3.05, 3.63) is 47.6 Å². The number of halogens is 4. The van der Waals surface area contributed by atoms with Crippen LogP contribution in [0.15, 0.2) is 29.0 Å². The molecule has 2 heterocycles. The zero-order valence-corrected chi connectivity index (χ0v) is 13.7. The molecule has 12 heteroatoms. The zero-order valence-electron chi connectivity index (χ0n) is 13.7. The summed E-state index contributed by atoms with van der Waals surface area (Å²) in [5, 5.41) is 7.11. The minimum absolute atomic E-state index is 0.0324. The lowest BCUT2D eigenvalue weighted by Crippen LogP contribution is -2.11. The SMILES string of the molecule is Cn1cnc(COCC(=O)c2ccc(-c3noc(C(F)(F)F)n3)cc2F)n1. The summed E-state index contributed by atoms with van der Waals surface area (Å²) in [4.78, 5) is 19.1. The Morgan fingerprint density at radius 2 is 2.11 bits per heavy atom. The number of benzene rings is 1. The Kier molecular flexibility index (Phi) is 4.99. The first-order valence-corrected chi connectivity index (χ1v) is 7.40. The second-order valence-electron chi connectivity index (χ2n) is 5.37. The zero-order chi connectivity index (χ0) is 19.6. The minimum Gasteiger partial charge on any atom is -0.365 e. The number of aryl methyl sites for hydroxylation is 1. The van der Waals surface area contributed by atoms with Crippen LogP contribution < -0.4 is 0 Å². The molecule has 0 radical (unpaired) electrons. The number of alkyl halides is 3. The normalized spacial score (nSPS) is 11.7. The monoisotopic (exact) mass is 385 g/mol. The Morgan fingerprint density at radius 1 is 1.33 bits per heavy atom. The number of Topliss-reactive ketones (excluding diaryl/α,β-unsaturated/α-hetero) is 1. The van der Waals surface area contributed by atoms with Gasteiger partial charge in [-0.25, -0.2) is 9.37 Å². The van der Waals surface area contributed by atoms with Crippen molar-refractivity contribution >= 4 is 5.78 Å². The van der Waals surface area contributed by atoms with Crippen molar-refractivity contribution in [1.29, 1.82) is 0 Å². The van der Waals surface area contributed by atoms with Gasteiger partial charge in [-0.2, -0.15) is 23.3 Å². The number of ketones is 1. The highest BCUT2D eigenvalue weighted by atomic mass is 19.4. The van der Waals surface area contributed by atoms with Gasteiger partial charge in [-0.05, 0) is 12.1 Å². The van der Waals surface area contributed by atoms with E-state index in [0.717, 1.165) is 12.1 Å². The second-order valence-corrected chi connectivity index (χ2v) is 5.37. The minimum atomic E-state index is -4.81. The van der Waals surface area contributed by atoms with Crippen LogP contribution in [0.25, 0.3) is 11.4 Å². The maximum Gasteiger partial charge on any atom is 0.471 e. The van der Waals surface area contributed by atoms with Crippen molar-refractivity contribution < 1.29 is 31.6 Å². The van der Waals surface area contributed by atoms with Gasteiger partial charge in [0.2, 0.25) is 5.82 Å². The molecule has 0 saturated heterocycles. The van der Waals surface area contributed by atoms with Crippen LogP contribution in [0.2, 0.25) is 0 Å². The number of aromatic nitrogens is 5. The molecule has 0 aliphatic rings. The van der Waals surface area contributed by atoms with E-state index in [1.165, 1.54) is 17.1 Å². The summed E-state index contributed by atoms with van der Waals surface area (Å²) in [7, 11) is 1.67. The molecule has 0 saturated carbocycles. The van der Waals surface area contributed by atoms with Crippen molar-refractivity contribution in [2.45, 2.75) is 12.8 Å². The predicted molar refractivity (Wildman–Crippen MR) is 79.7 cm³/mol. The molecule has 0 aliphatic heterocycles. The predicted octanol–water partition coefficient (Wildman–Crippen LogP) is 2.42. The topological polar surface area (TPSA) is 95.9 Å². The molecule has 0 amide bonds.